The van der Waals surface area contributed by atoms with Crippen molar-refractivity contribution in [1.29, 1.82) is 0 Å². The lowest BCUT2D eigenvalue weighted by Gasteiger charge is -2.28. The summed E-state index contributed by atoms with van der Waals surface area (Å²) >= 11 is 0. The van der Waals surface area contributed by atoms with E-state index >= 15 is 0 Å². The highest BCUT2D eigenvalue weighted by Gasteiger charge is 2.19. The molecule has 16 heavy (non-hydrogen) atoms. The summed E-state index contributed by atoms with van der Waals surface area (Å²) in [5.41, 5.74) is 2.48. The summed E-state index contributed by atoms with van der Waals surface area (Å²) in [6, 6.07) is 9.04. The first-order valence-electron chi connectivity index (χ1n) is 5.79. The first kappa shape index (κ1) is 11.4. The lowest BCUT2D eigenvalue weighted by molar-refractivity contribution is 0.00696. The Bertz CT molecular complexity index is 326. The molecule has 0 aliphatic carbocycles. The van der Waals surface area contributed by atoms with Crippen LogP contribution >= 0.6 is 0 Å². The topological polar surface area (TPSA) is 24.5 Å². The van der Waals surface area contributed by atoms with Gasteiger partial charge in [-0.25, -0.2) is 0 Å². The van der Waals surface area contributed by atoms with Gasteiger partial charge in [-0.2, -0.15) is 0 Å². The molecule has 0 bridgehead atoms. The van der Waals surface area contributed by atoms with Crippen molar-refractivity contribution in [3.63, 3.8) is 0 Å². The number of morpholine rings is 1. The molecule has 88 valence electrons. The maximum Gasteiger partial charge on any atom is 0.0950 e. The molecule has 2 unspecified atom stereocenters. The maximum atomic E-state index is 5.80. The minimum absolute atomic E-state index is 0.201. The van der Waals surface area contributed by atoms with Crippen LogP contribution in [0.25, 0.3) is 0 Å². The van der Waals surface area contributed by atoms with Crippen molar-refractivity contribution >= 4 is 5.69 Å². The summed E-state index contributed by atoms with van der Waals surface area (Å²) < 4.78 is 5.80. The SMILES string of the molecule is CC1COC(c2ccc(N(C)C)cc2)CN1. The zero-order chi connectivity index (χ0) is 11.5. The van der Waals surface area contributed by atoms with Crippen LogP contribution in [-0.4, -0.2) is 33.3 Å². The van der Waals surface area contributed by atoms with Gasteiger partial charge in [-0.15, -0.1) is 0 Å². The molecule has 1 heterocycles. The van der Waals surface area contributed by atoms with E-state index in [0.717, 1.165) is 13.2 Å². The molecule has 1 N–H and O–H groups in total. The van der Waals surface area contributed by atoms with Crippen LogP contribution in [0.5, 0.6) is 0 Å². The first-order valence-corrected chi connectivity index (χ1v) is 5.79. The van der Waals surface area contributed by atoms with Crippen molar-refractivity contribution in [3.05, 3.63) is 29.8 Å². The molecule has 0 radical (unpaired) electrons. The average Bonchev–Trinajstić information content (AvgIpc) is 2.30. The van der Waals surface area contributed by atoms with E-state index in [9.17, 15) is 0 Å². The van der Waals surface area contributed by atoms with E-state index in [1.807, 2.05) is 0 Å². The van der Waals surface area contributed by atoms with Crippen LogP contribution in [0.1, 0.15) is 18.6 Å². The molecule has 1 aliphatic heterocycles. The standard InChI is InChI=1S/C13H20N2O/c1-10-9-16-13(8-14-10)11-4-6-12(7-5-11)15(2)3/h4-7,10,13-14H,8-9H2,1-3H3. The van der Waals surface area contributed by atoms with E-state index < -0.39 is 0 Å². The van der Waals surface area contributed by atoms with Crippen LogP contribution in [0.4, 0.5) is 5.69 Å². The first-order chi connectivity index (χ1) is 7.66. The van der Waals surface area contributed by atoms with Crippen molar-refractivity contribution in [2.75, 3.05) is 32.1 Å². The fourth-order valence-electron chi connectivity index (χ4n) is 1.89. The van der Waals surface area contributed by atoms with E-state index in [-0.39, 0.29) is 6.10 Å². The van der Waals surface area contributed by atoms with Crippen molar-refractivity contribution < 1.29 is 4.74 Å². The summed E-state index contributed by atoms with van der Waals surface area (Å²) in [6.45, 7) is 3.84. The summed E-state index contributed by atoms with van der Waals surface area (Å²) in [7, 11) is 4.10. The summed E-state index contributed by atoms with van der Waals surface area (Å²) in [4.78, 5) is 2.10. The summed E-state index contributed by atoms with van der Waals surface area (Å²) in [6.07, 6.45) is 0.201. The minimum atomic E-state index is 0.201. The molecule has 0 saturated carbocycles. The second kappa shape index (κ2) is 4.85. The molecule has 1 aliphatic rings. The van der Waals surface area contributed by atoms with Gasteiger partial charge in [0, 0.05) is 32.4 Å². The second-order valence-electron chi connectivity index (χ2n) is 4.62. The second-order valence-corrected chi connectivity index (χ2v) is 4.62. The molecule has 0 aromatic heterocycles. The Labute approximate surface area is 97.4 Å². The van der Waals surface area contributed by atoms with Gasteiger partial charge in [0.05, 0.1) is 12.7 Å². The van der Waals surface area contributed by atoms with E-state index in [0.29, 0.717) is 6.04 Å². The molecule has 0 spiro atoms. The van der Waals surface area contributed by atoms with Crippen molar-refractivity contribution in [2.45, 2.75) is 19.1 Å². The van der Waals surface area contributed by atoms with Gasteiger partial charge >= 0.3 is 0 Å². The van der Waals surface area contributed by atoms with Crippen LogP contribution in [0.2, 0.25) is 0 Å². The number of benzene rings is 1. The molecule has 0 amide bonds. The molecule has 1 saturated heterocycles. The van der Waals surface area contributed by atoms with Crippen LogP contribution in [0, 0.1) is 0 Å². The number of nitrogens with zero attached hydrogens (tertiary/aromatic N) is 1. The Balaban J connectivity index is 2.04. The zero-order valence-corrected chi connectivity index (χ0v) is 10.2. The van der Waals surface area contributed by atoms with Gasteiger partial charge in [-0.1, -0.05) is 12.1 Å². The highest BCUT2D eigenvalue weighted by atomic mass is 16.5. The van der Waals surface area contributed by atoms with Crippen LogP contribution in [0.3, 0.4) is 0 Å². The molecule has 2 atom stereocenters. The Kier molecular flexibility index (Phi) is 3.46. The highest BCUT2D eigenvalue weighted by Crippen LogP contribution is 2.22. The molecular formula is C13H20N2O. The third-order valence-corrected chi connectivity index (χ3v) is 2.98. The van der Waals surface area contributed by atoms with Gasteiger partial charge in [0.15, 0.2) is 0 Å². The molecule has 1 fully saturated rings. The predicted octanol–water partition coefficient (Wildman–Crippen LogP) is 1.80. The fraction of sp³-hybridized carbons (Fsp3) is 0.538. The third kappa shape index (κ3) is 2.54. The van der Waals surface area contributed by atoms with Crippen molar-refractivity contribution in [2.24, 2.45) is 0 Å². The lowest BCUT2D eigenvalue weighted by Crippen LogP contribution is -2.40. The highest BCUT2D eigenvalue weighted by molar-refractivity contribution is 5.46. The number of hydrogen-bond donors (Lipinski definition) is 1. The lowest BCUT2D eigenvalue weighted by atomic mass is 10.1. The van der Waals surface area contributed by atoms with E-state index in [2.05, 4.69) is 55.5 Å². The van der Waals surface area contributed by atoms with Crippen LogP contribution in [0.15, 0.2) is 24.3 Å². The van der Waals surface area contributed by atoms with Gasteiger partial charge in [0.25, 0.3) is 0 Å². The monoisotopic (exact) mass is 220 g/mol. The molecule has 2 rings (SSSR count). The Hall–Kier alpha value is -1.06. The van der Waals surface area contributed by atoms with Gasteiger partial charge in [0.2, 0.25) is 0 Å². The number of hydrogen-bond acceptors (Lipinski definition) is 3. The van der Waals surface area contributed by atoms with Crippen molar-refractivity contribution in [1.82, 2.24) is 5.32 Å². The number of rotatable bonds is 2. The van der Waals surface area contributed by atoms with Crippen LogP contribution in [-0.2, 0) is 4.74 Å². The fourth-order valence-corrected chi connectivity index (χ4v) is 1.89. The Morgan fingerprint density at radius 3 is 2.44 bits per heavy atom. The van der Waals surface area contributed by atoms with Crippen LogP contribution < -0.4 is 10.2 Å². The molecule has 1 aromatic rings. The third-order valence-electron chi connectivity index (χ3n) is 2.98. The van der Waals surface area contributed by atoms with Gasteiger partial charge < -0.3 is 15.0 Å². The minimum Gasteiger partial charge on any atom is -0.378 e. The van der Waals surface area contributed by atoms with E-state index in [4.69, 9.17) is 4.74 Å². The van der Waals surface area contributed by atoms with E-state index in [1.165, 1.54) is 11.3 Å². The Morgan fingerprint density at radius 2 is 1.94 bits per heavy atom. The molecule has 3 heteroatoms. The maximum absolute atomic E-state index is 5.80. The average molecular weight is 220 g/mol. The normalized spacial score (nSPS) is 25.4. The zero-order valence-electron chi connectivity index (χ0n) is 10.2. The smallest absolute Gasteiger partial charge is 0.0950 e. The molecule has 3 nitrogen and oxygen atoms in total. The number of ether oxygens (including phenoxy) is 1. The van der Waals surface area contributed by atoms with Crippen molar-refractivity contribution in [3.8, 4) is 0 Å². The quantitative estimate of drug-likeness (QED) is 0.822. The largest absolute Gasteiger partial charge is 0.378 e. The number of anilines is 1. The van der Waals surface area contributed by atoms with E-state index in [1.54, 1.807) is 0 Å². The summed E-state index contributed by atoms with van der Waals surface area (Å²) in [5.74, 6) is 0. The predicted molar refractivity (Wildman–Crippen MR) is 66.9 cm³/mol. The molecular weight excluding hydrogens is 200 g/mol. The number of nitrogens with one attached hydrogen (secondary N) is 1. The molecule has 1 aromatic carbocycles. The summed E-state index contributed by atoms with van der Waals surface area (Å²) in [5, 5.41) is 3.43. The van der Waals surface area contributed by atoms with Gasteiger partial charge in [-0.3, -0.25) is 0 Å². The van der Waals surface area contributed by atoms with Gasteiger partial charge in [0.1, 0.15) is 0 Å². The van der Waals surface area contributed by atoms with Gasteiger partial charge in [-0.05, 0) is 24.6 Å². The Morgan fingerprint density at radius 1 is 1.25 bits per heavy atom.